The number of nitrogens with zero attached hydrogens (tertiary/aromatic N) is 2. The highest BCUT2D eigenvalue weighted by atomic mass is 16.5. The van der Waals surface area contributed by atoms with Crippen molar-refractivity contribution in [2.75, 3.05) is 36.5 Å². The summed E-state index contributed by atoms with van der Waals surface area (Å²) in [5.41, 5.74) is 0.841. The number of rotatable bonds is 4. The third kappa shape index (κ3) is 3.49. The van der Waals surface area contributed by atoms with Gasteiger partial charge >= 0.3 is 5.69 Å². The van der Waals surface area contributed by atoms with Crippen molar-refractivity contribution in [2.24, 2.45) is 0 Å². The molecule has 0 saturated carbocycles. The van der Waals surface area contributed by atoms with E-state index in [1.165, 1.54) is 16.3 Å². The van der Waals surface area contributed by atoms with Gasteiger partial charge in [0, 0.05) is 25.7 Å². The van der Waals surface area contributed by atoms with Gasteiger partial charge in [-0.15, -0.1) is 0 Å². The molecular weight excluding hydrogens is 316 g/mol. The standard InChI is InChI=1S/C19H20N4O2/c24-19-21-17(12-18(22-19)23-8-10-25-11-9-23)20-13-15-6-3-5-14-4-1-2-7-16(14)15/h1-7,12H,8-11,13H2,(H2,20,21,22,24). The van der Waals surface area contributed by atoms with Crippen LogP contribution >= 0.6 is 0 Å². The minimum absolute atomic E-state index is 0.343. The number of nitrogens with one attached hydrogen (secondary N) is 2. The summed E-state index contributed by atoms with van der Waals surface area (Å²) >= 11 is 0. The first kappa shape index (κ1) is 15.7. The first-order chi connectivity index (χ1) is 12.3. The van der Waals surface area contributed by atoms with Crippen LogP contribution in [0.25, 0.3) is 10.8 Å². The van der Waals surface area contributed by atoms with Gasteiger partial charge in [-0.2, -0.15) is 4.98 Å². The van der Waals surface area contributed by atoms with Gasteiger partial charge in [0.25, 0.3) is 0 Å². The van der Waals surface area contributed by atoms with Crippen molar-refractivity contribution in [3.05, 3.63) is 64.6 Å². The molecule has 3 aromatic rings. The molecule has 0 radical (unpaired) electrons. The lowest BCUT2D eigenvalue weighted by molar-refractivity contribution is 0.122. The Bertz CT molecular complexity index is 927. The number of ether oxygens (including phenoxy) is 1. The molecule has 2 N–H and O–H groups in total. The fourth-order valence-electron chi connectivity index (χ4n) is 3.13. The van der Waals surface area contributed by atoms with Crippen LogP contribution in [0.4, 0.5) is 11.6 Å². The summed E-state index contributed by atoms with van der Waals surface area (Å²) in [6.07, 6.45) is 0. The summed E-state index contributed by atoms with van der Waals surface area (Å²) in [6.45, 7) is 3.45. The highest BCUT2D eigenvalue weighted by Crippen LogP contribution is 2.20. The van der Waals surface area contributed by atoms with Crippen molar-refractivity contribution in [1.29, 1.82) is 0 Å². The Morgan fingerprint density at radius 1 is 1.12 bits per heavy atom. The second-order valence-corrected chi connectivity index (χ2v) is 6.05. The zero-order valence-electron chi connectivity index (χ0n) is 13.9. The number of fused-ring (bicyclic) bond motifs is 1. The van der Waals surface area contributed by atoms with Gasteiger partial charge in [-0.25, -0.2) is 4.79 Å². The Morgan fingerprint density at radius 3 is 2.80 bits per heavy atom. The van der Waals surface area contributed by atoms with E-state index in [1.54, 1.807) is 0 Å². The van der Waals surface area contributed by atoms with Gasteiger partial charge in [0.1, 0.15) is 11.6 Å². The maximum atomic E-state index is 11.9. The van der Waals surface area contributed by atoms with E-state index in [-0.39, 0.29) is 5.69 Å². The van der Waals surface area contributed by atoms with Crippen molar-refractivity contribution in [3.63, 3.8) is 0 Å². The van der Waals surface area contributed by atoms with E-state index >= 15 is 0 Å². The molecule has 0 atom stereocenters. The lowest BCUT2D eigenvalue weighted by Crippen LogP contribution is -2.37. The molecule has 0 spiro atoms. The quantitative estimate of drug-likeness (QED) is 0.765. The van der Waals surface area contributed by atoms with Crippen LogP contribution in [-0.4, -0.2) is 36.3 Å². The molecular formula is C19H20N4O2. The van der Waals surface area contributed by atoms with E-state index in [0.29, 0.717) is 31.4 Å². The van der Waals surface area contributed by atoms with E-state index in [2.05, 4.69) is 44.5 Å². The maximum Gasteiger partial charge on any atom is 0.348 e. The van der Waals surface area contributed by atoms with Crippen molar-refractivity contribution in [3.8, 4) is 0 Å². The number of aromatic amines is 1. The predicted molar refractivity (Wildman–Crippen MR) is 99.2 cm³/mol. The first-order valence-corrected chi connectivity index (χ1v) is 8.44. The number of benzene rings is 2. The molecule has 0 amide bonds. The lowest BCUT2D eigenvalue weighted by Gasteiger charge is -2.27. The van der Waals surface area contributed by atoms with Gasteiger partial charge in [0.15, 0.2) is 0 Å². The summed E-state index contributed by atoms with van der Waals surface area (Å²) in [6, 6.07) is 16.4. The summed E-state index contributed by atoms with van der Waals surface area (Å²) in [4.78, 5) is 20.8. The van der Waals surface area contributed by atoms with E-state index in [4.69, 9.17) is 4.74 Å². The Hall–Kier alpha value is -2.86. The second kappa shape index (κ2) is 6.94. The average Bonchev–Trinajstić information content (AvgIpc) is 2.66. The minimum Gasteiger partial charge on any atom is -0.378 e. The van der Waals surface area contributed by atoms with Crippen LogP contribution in [0, 0.1) is 0 Å². The summed E-state index contributed by atoms with van der Waals surface area (Å²) in [7, 11) is 0. The van der Waals surface area contributed by atoms with Crippen LogP contribution in [0.2, 0.25) is 0 Å². The van der Waals surface area contributed by atoms with E-state index in [9.17, 15) is 4.79 Å². The molecule has 1 aliphatic rings. The van der Waals surface area contributed by atoms with Gasteiger partial charge in [0.2, 0.25) is 0 Å². The van der Waals surface area contributed by atoms with Crippen LogP contribution in [-0.2, 0) is 11.3 Å². The average molecular weight is 336 g/mol. The number of aromatic nitrogens is 2. The highest BCUT2D eigenvalue weighted by Gasteiger charge is 2.14. The molecule has 0 bridgehead atoms. The monoisotopic (exact) mass is 336 g/mol. The van der Waals surface area contributed by atoms with Crippen LogP contribution in [0.5, 0.6) is 0 Å². The number of anilines is 2. The van der Waals surface area contributed by atoms with E-state index < -0.39 is 0 Å². The molecule has 1 aromatic heterocycles. The molecule has 6 nitrogen and oxygen atoms in total. The highest BCUT2D eigenvalue weighted by molar-refractivity contribution is 5.85. The number of hydrogen-bond acceptors (Lipinski definition) is 5. The molecule has 0 aliphatic carbocycles. The largest absolute Gasteiger partial charge is 0.378 e. The summed E-state index contributed by atoms with van der Waals surface area (Å²) < 4.78 is 5.36. The van der Waals surface area contributed by atoms with E-state index in [0.717, 1.165) is 13.1 Å². The zero-order chi connectivity index (χ0) is 17.1. The van der Waals surface area contributed by atoms with Crippen LogP contribution in [0.15, 0.2) is 53.3 Å². The maximum absolute atomic E-state index is 11.9. The third-order valence-corrected chi connectivity index (χ3v) is 4.42. The third-order valence-electron chi connectivity index (χ3n) is 4.42. The fraction of sp³-hybridized carbons (Fsp3) is 0.263. The van der Waals surface area contributed by atoms with Crippen molar-refractivity contribution in [2.45, 2.75) is 6.54 Å². The van der Waals surface area contributed by atoms with Gasteiger partial charge < -0.3 is 15.0 Å². The first-order valence-electron chi connectivity index (χ1n) is 8.44. The Morgan fingerprint density at radius 2 is 1.92 bits per heavy atom. The van der Waals surface area contributed by atoms with Crippen LogP contribution in [0.1, 0.15) is 5.56 Å². The summed E-state index contributed by atoms with van der Waals surface area (Å²) in [5, 5.41) is 5.74. The summed E-state index contributed by atoms with van der Waals surface area (Å²) in [5.74, 6) is 1.36. The molecule has 2 heterocycles. The van der Waals surface area contributed by atoms with Crippen molar-refractivity contribution >= 4 is 22.4 Å². The second-order valence-electron chi connectivity index (χ2n) is 6.05. The number of morpholine rings is 1. The zero-order valence-corrected chi connectivity index (χ0v) is 13.9. The Kier molecular flexibility index (Phi) is 4.35. The Labute approximate surface area is 145 Å². The van der Waals surface area contributed by atoms with Crippen molar-refractivity contribution < 1.29 is 4.74 Å². The number of hydrogen-bond donors (Lipinski definition) is 2. The predicted octanol–water partition coefficient (Wildman–Crippen LogP) is 2.37. The molecule has 6 heteroatoms. The molecule has 25 heavy (non-hydrogen) atoms. The van der Waals surface area contributed by atoms with Gasteiger partial charge in [-0.1, -0.05) is 42.5 Å². The molecule has 1 fully saturated rings. The Balaban J connectivity index is 1.56. The van der Waals surface area contributed by atoms with Gasteiger partial charge in [-0.3, -0.25) is 4.98 Å². The smallest absolute Gasteiger partial charge is 0.348 e. The van der Waals surface area contributed by atoms with Gasteiger partial charge in [0.05, 0.1) is 13.2 Å². The van der Waals surface area contributed by atoms with Crippen LogP contribution < -0.4 is 15.9 Å². The minimum atomic E-state index is -0.343. The molecule has 1 aliphatic heterocycles. The molecule has 128 valence electrons. The molecule has 1 saturated heterocycles. The molecule has 2 aromatic carbocycles. The topological polar surface area (TPSA) is 70.2 Å². The van der Waals surface area contributed by atoms with Crippen molar-refractivity contribution in [1.82, 2.24) is 9.97 Å². The molecule has 4 rings (SSSR count). The number of H-pyrrole nitrogens is 1. The lowest BCUT2D eigenvalue weighted by atomic mass is 10.0. The normalized spacial score (nSPS) is 14.6. The van der Waals surface area contributed by atoms with Crippen LogP contribution in [0.3, 0.4) is 0 Å². The fourth-order valence-corrected chi connectivity index (χ4v) is 3.13. The SMILES string of the molecule is O=c1nc(N2CCOCC2)cc(NCc2cccc3ccccc23)[nH]1. The van der Waals surface area contributed by atoms with Gasteiger partial charge in [-0.05, 0) is 16.3 Å². The molecule has 0 unspecified atom stereocenters. The van der Waals surface area contributed by atoms with E-state index in [1.807, 2.05) is 24.3 Å².